The molecule has 6 nitrogen and oxygen atoms in total. The minimum absolute atomic E-state index is 0.0151. The first kappa shape index (κ1) is 23.5. The number of hydrogen-bond acceptors (Lipinski definition) is 5. The highest BCUT2D eigenvalue weighted by Crippen LogP contribution is 2.30. The summed E-state index contributed by atoms with van der Waals surface area (Å²) in [5.74, 6) is -0.241. The predicted molar refractivity (Wildman–Crippen MR) is 130 cm³/mol. The molecule has 1 heterocycles. The summed E-state index contributed by atoms with van der Waals surface area (Å²) in [5.41, 5.74) is 3.66. The van der Waals surface area contributed by atoms with E-state index in [4.69, 9.17) is 4.74 Å². The molecule has 1 N–H and O–H groups in total. The van der Waals surface area contributed by atoms with E-state index in [0.717, 1.165) is 16.8 Å². The van der Waals surface area contributed by atoms with E-state index in [1.165, 1.54) is 18.4 Å². The van der Waals surface area contributed by atoms with E-state index in [-0.39, 0.29) is 24.5 Å². The highest BCUT2D eigenvalue weighted by Gasteiger charge is 2.25. The van der Waals surface area contributed by atoms with Gasteiger partial charge in [-0.05, 0) is 47.7 Å². The molecule has 2 aromatic carbocycles. The van der Waals surface area contributed by atoms with E-state index in [1.807, 2.05) is 96.9 Å². The van der Waals surface area contributed by atoms with Gasteiger partial charge in [0, 0.05) is 39.1 Å². The van der Waals surface area contributed by atoms with Crippen LogP contribution in [-0.2, 0) is 16.1 Å². The van der Waals surface area contributed by atoms with Gasteiger partial charge in [0.2, 0.25) is 5.91 Å². The third-order valence-corrected chi connectivity index (χ3v) is 6.06. The van der Waals surface area contributed by atoms with Crippen LogP contribution in [-0.4, -0.2) is 44.5 Å². The Bertz CT molecular complexity index is 1040. The van der Waals surface area contributed by atoms with Crippen molar-refractivity contribution in [2.75, 3.05) is 38.0 Å². The Labute approximate surface area is 193 Å². The Morgan fingerprint density at radius 3 is 2.44 bits per heavy atom. The zero-order valence-electron chi connectivity index (χ0n) is 18.9. The van der Waals surface area contributed by atoms with Gasteiger partial charge < -0.3 is 19.9 Å². The molecule has 0 spiro atoms. The van der Waals surface area contributed by atoms with Crippen molar-refractivity contribution in [3.8, 4) is 0 Å². The SMILES string of the molecule is COCC(=O)Nc1ccc(N(C)C)c(CN(C(=O)c2cccs2)[C@@H](C)c2ccccc2)c1. The lowest BCUT2D eigenvalue weighted by atomic mass is 10.0. The van der Waals surface area contributed by atoms with E-state index in [1.54, 1.807) is 0 Å². The van der Waals surface area contributed by atoms with E-state index in [2.05, 4.69) is 5.32 Å². The summed E-state index contributed by atoms with van der Waals surface area (Å²) in [5, 5.41) is 4.77. The molecular formula is C25H29N3O3S. The zero-order chi connectivity index (χ0) is 23.1. The molecule has 0 bridgehead atoms. The first-order chi connectivity index (χ1) is 15.4. The van der Waals surface area contributed by atoms with Crippen LogP contribution < -0.4 is 10.2 Å². The number of nitrogens with one attached hydrogen (secondary N) is 1. The lowest BCUT2D eigenvalue weighted by Gasteiger charge is -2.31. The molecule has 3 rings (SSSR count). The fourth-order valence-corrected chi connectivity index (χ4v) is 4.25. The van der Waals surface area contributed by atoms with Crippen molar-refractivity contribution >= 4 is 34.5 Å². The number of anilines is 2. The monoisotopic (exact) mass is 451 g/mol. The summed E-state index contributed by atoms with van der Waals surface area (Å²) in [4.78, 5) is 30.1. The summed E-state index contributed by atoms with van der Waals surface area (Å²) in [6, 6.07) is 19.4. The Balaban J connectivity index is 1.98. The number of rotatable bonds is 9. The van der Waals surface area contributed by atoms with Crippen molar-refractivity contribution in [2.45, 2.75) is 19.5 Å². The largest absolute Gasteiger partial charge is 0.377 e. The van der Waals surface area contributed by atoms with Crippen LogP contribution >= 0.6 is 11.3 Å². The molecule has 32 heavy (non-hydrogen) atoms. The quantitative estimate of drug-likeness (QED) is 0.508. The third kappa shape index (κ3) is 5.75. The van der Waals surface area contributed by atoms with E-state index >= 15 is 0 Å². The van der Waals surface area contributed by atoms with Crippen molar-refractivity contribution < 1.29 is 14.3 Å². The number of amides is 2. The van der Waals surface area contributed by atoms with Gasteiger partial charge in [0.1, 0.15) is 6.61 Å². The molecule has 1 atom stereocenters. The Morgan fingerprint density at radius 1 is 1.06 bits per heavy atom. The van der Waals surface area contributed by atoms with Gasteiger partial charge in [0.05, 0.1) is 10.9 Å². The lowest BCUT2D eigenvalue weighted by Crippen LogP contribution is -2.33. The molecule has 2 amide bonds. The number of carbonyl (C=O) groups is 2. The maximum Gasteiger partial charge on any atom is 0.264 e. The number of nitrogens with zero attached hydrogens (tertiary/aromatic N) is 2. The molecule has 0 aliphatic rings. The molecule has 0 saturated heterocycles. The van der Waals surface area contributed by atoms with Crippen LogP contribution in [0.2, 0.25) is 0 Å². The molecule has 0 radical (unpaired) electrons. The van der Waals surface area contributed by atoms with E-state index in [0.29, 0.717) is 17.1 Å². The Kier molecular flexibility index (Phi) is 8.03. The lowest BCUT2D eigenvalue weighted by molar-refractivity contribution is -0.119. The van der Waals surface area contributed by atoms with E-state index in [9.17, 15) is 9.59 Å². The number of hydrogen-bond donors (Lipinski definition) is 1. The molecule has 0 fully saturated rings. The fourth-order valence-electron chi connectivity index (χ4n) is 3.58. The summed E-state index contributed by atoms with van der Waals surface area (Å²) in [7, 11) is 5.42. The van der Waals surface area contributed by atoms with Crippen molar-refractivity contribution in [2.24, 2.45) is 0 Å². The molecule has 168 valence electrons. The summed E-state index contributed by atoms with van der Waals surface area (Å²) in [6.07, 6.45) is 0. The van der Waals surface area contributed by atoms with Crippen LogP contribution in [0.5, 0.6) is 0 Å². The summed E-state index contributed by atoms with van der Waals surface area (Å²) >= 11 is 1.44. The topological polar surface area (TPSA) is 61.9 Å². The first-order valence-corrected chi connectivity index (χ1v) is 11.3. The molecule has 0 aliphatic carbocycles. The number of thiophene rings is 1. The van der Waals surface area contributed by atoms with Crippen LogP contribution in [0, 0.1) is 0 Å². The second kappa shape index (κ2) is 10.9. The van der Waals surface area contributed by atoms with Gasteiger partial charge in [0.15, 0.2) is 0 Å². The van der Waals surface area contributed by atoms with Gasteiger partial charge in [-0.1, -0.05) is 36.4 Å². The zero-order valence-corrected chi connectivity index (χ0v) is 19.7. The van der Waals surface area contributed by atoms with Gasteiger partial charge in [-0.3, -0.25) is 9.59 Å². The van der Waals surface area contributed by atoms with Crippen molar-refractivity contribution in [3.63, 3.8) is 0 Å². The first-order valence-electron chi connectivity index (χ1n) is 10.4. The average Bonchev–Trinajstić information content (AvgIpc) is 3.32. The number of methoxy groups -OCH3 is 1. The van der Waals surface area contributed by atoms with Crippen molar-refractivity contribution in [3.05, 3.63) is 82.0 Å². The maximum absolute atomic E-state index is 13.5. The van der Waals surface area contributed by atoms with Crippen molar-refractivity contribution in [1.82, 2.24) is 4.90 Å². The Hall–Kier alpha value is -3.16. The molecule has 0 unspecified atom stereocenters. The standard InChI is InChI=1S/C25H29N3O3S/c1-18(19-9-6-5-7-10-19)28(25(30)23-11-8-14-32-23)16-20-15-21(26-24(29)17-31-4)12-13-22(20)27(2)3/h5-15,18H,16-17H2,1-4H3,(H,26,29)/t18-/m0/s1. The number of carbonyl (C=O) groups excluding carboxylic acids is 2. The smallest absolute Gasteiger partial charge is 0.264 e. The van der Waals surface area contributed by atoms with Gasteiger partial charge in [-0.15, -0.1) is 11.3 Å². The second-order valence-electron chi connectivity index (χ2n) is 7.72. The Morgan fingerprint density at radius 2 is 1.81 bits per heavy atom. The van der Waals surface area contributed by atoms with Gasteiger partial charge in [-0.2, -0.15) is 0 Å². The number of benzene rings is 2. The molecule has 0 saturated carbocycles. The minimum atomic E-state index is -0.222. The third-order valence-electron chi connectivity index (χ3n) is 5.20. The van der Waals surface area contributed by atoms with Crippen molar-refractivity contribution in [1.29, 1.82) is 0 Å². The summed E-state index contributed by atoms with van der Waals surface area (Å²) < 4.78 is 4.91. The predicted octanol–water partition coefficient (Wildman–Crippen LogP) is 4.80. The fraction of sp³-hybridized carbons (Fsp3) is 0.280. The van der Waals surface area contributed by atoms with Crippen LogP contribution in [0.15, 0.2) is 66.0 Å². The molecular weight excluding hydrogens is 422 g/mol. The van der Waals surface area contributed by atoms with Crippen LogP contribution in [0.3, 0.4) is 0 Å². The maximum atomic E-state index is 13.5. The van der Waals surface area contributed by atoms with E-state index < -0.39 is 0 Å². The molecule has 1 aromatic heterocycles. The highest BCUT2D eigenvalue weighted by molar-refractivity contribution is 7.12. The van der Waals surface area contributed by atoms with Gasteiger partial charge in [0.25, 0.3) is 5.91 Å². The normalized spacial score (nSPS) is 11.6. The van der Waals surface area contributed by atoms with Gasteiger partial charge >= 0.3 is 0 Å². The van der Waals surface area contributed by atoms with Crippen LogP contribution in [0.25, 0.3) is 0 Å². The highest BCUT2D eigenvalue weighted by atomic mass is 32.1. The average molecular weight is 452 g/mol. The molecule has 0 aliphatic heterocycles. The second-order valence-corrected chi connectivity index (χ2v) is 8.66. The number of ether oxygens (including phenoxy) is 1. The van der Waals surface area contributed by atoms with Gasteiger partial charge in [-0.25, -0.2) is 0 Å². The minimum Gasteiger partial charge on any atom is -0.377 e. The molecule has 3 aromatic rings. The molecule has 7 heteroatoms. The van der Waals surface area contributed by atoms with Crippen LogP contribution in [0.1, 0.15) is 33.8 Å². The van der Waals surface area contributed by atoms with Crippen LogP contribution in [0.4, 0.5) is 11.4 Å². The summed E-state index contributed by atoms with van der Waals surface area (Å²) in [6.45, 7) is 2.42.